The lowest BCUT2D eigenvalue weighted by Crippen LogP contribution is -2.04. The topological polar surface area (TPSA) is 81.1 Å². The summed E-state index contributed by atoms with van der Waals surface area (Å²) in [6.45, 7) is 0. The fourth-order valence-corrected chi connectivity index (χ4v) is 2.09. The van der Waals surface area contributed by atoms with E-state index >= 15 is 0 Å². The molecule has 18 heavy (non-hydrogen) atoms. The number of nitrogens with two attached hydrogens (primary N) is 1. The zero-order chi connectivity index (χ0) is 13.1. The molecule has 0 saturated heterocycles. The lowest BCUT2D eigenvalue weighted by molar-refractivity contribution is -0.136. The quantitative estimate of drug-likeness (QED) is 0.907. The first-order chi connectivity index (χ1) is 8.59. The summed E-state index contributed by atoms with van der Waals surface area (Å²) in [6, 6.07) is 7.57. The maximum Gasteiger partial charge on any atom is 0.303 e. The number of carbonyl (C=O) groups is 1. The standard InChI is InChI=1S/C12H12BrN3O2/c13-9-3-1-2-4-10(9)16-12(14)8(7-15-16)5-6-11(17)18/h1-4,7H,5-6,14H2,(H,17,18). The van der Waals surface area contributed by atoms with Gasteiger partial charge in [0.15, 0.2) is 0 Å². The second-order valence-electron chi connectivity index (χ2n) is 3.81. The number of aliphatic carboxylic acids is 1. The number of halogens is 1. The third-order valence-electron chi connectivity index (χ3n) is 2.58. The molecule has 0 aliphatic carbocycles. The van der Waals surface area contributed by atoms with Gasteiger partial charge in [0.1, 0.15) is 5.82 Å². The maximum atomic E-state index is 10.5. The van der Waals surface area contributed by atoms with Gasteiger partial charge in [-0.1, -0.05) is 12.1 Å². The molecule has 0 saturated carbocycles. The fourth-order valence-electron chi connectivity index (χ4n) is 1.64. The van der Waals surface area contributed by atoms with Gasteiger partial charge in [-0.05, 0) is 34.5 Å². The highest BCUT2D eigenvalue weighted by Crippen LogP contribution is 2.24. The molecule has 1 heterocycles. The van der Waals surface area contributed by atoms with Crippen LogP contribution in [0, 0.1) is 0 Å². The van der Waals surface area contributed by atoms with E-state index in [1.54, 1.807) is 10.9 Å². The number of hydrogen-bond donors (Lipinski definition) is 2. The number of rotatable bonds is 4. The molecule has 0 amide bonds. The van der Waals surface area contributed by atoms with Gasteiger partial charge in [-0.25, -0.2) is 4.68 Å². The van der Waals surface area contributed by atoms with Crippen LogP contribution in [0.25, 0.3) is 5.69 Å². The first kappa shape index (κ1) is 12.6. The number of para-hydroxylation sites is 1. The molecule has 1 aromatic carbocycles. The second-order valence-corrected chi connectivity index (χ2v) is 4.67. The molecule has 2 aromatic rings. The highest BCUT2D eigenvalue weighted by atomic mass is 79.9. The highest BCUT2D eigenvalue weighted by molar-refractivity contribution is 9.10. The van der Waals surface area contributed by atoms with Crippen LogP contribution in [0.3, 0.4) is 0 Å². The molecule has 0 unspecified atom stereocenters. The summed E-state index contributed by atoms with van der Waals surface area (Å²) in [4.78, 5) is 10.5. The molecule has 0 spiro atoms. The van der Waals surface area contributed by atoms with Crippen molar-refractivity contribution in [1.29, 1.82) is 0 Å². The van der Waals surface area contributed by atoms with Crippen molar-refractivity contribution in [3.63, 3.8) is 0 Å². The van der Waals surface area contributed by atoms with Crippen molar-refractivity contribution in [2.45, 2.75) is 12.8 Å². The van der Waals surface area contributed by atoms with Crippen LogP contribution in [0.2, 0.25) is 0 Å². The van der Waals surface area contributed by atoms with Crippen molar-refractivity contribution in [2.24, 2.45) is 0 Å². The molecule has 0 aliphatic rings. The van der Waals surface area contributed by atoms with E-state index in [-0.39, 0.29) is 6.42 Å². The minimum atomic E-state index is -0.844. The Morgan fingerprint density at radius 2 is 2.17 bits per heavy atom. The predicted octanol–water partition coefficient (Wildman–Crippen LogP) is 2.23. The van der Waals surface area contributed by atoms with Crippen molar-refractivity contribution < 1.29 is 9.90 Å². The lowest BCUT2D eigenvalue weighted by Gasteiger charge is -2.06. The van der Waals surface area contributed by atoms with Gasteiger partial charge < -0.3 is 10.8 Å². The molecule has 5 nitrogen and oxygen atoms in total. The highest BCUT2D eigenvalue weighted by Gasteiger charge is 2.11. The van der Waals surface area contributed by atoms with Crippen molar-refractivity contribution in [2.75, 3.05) is 5.73 Å². The molecule has 3 N–H and O–H groups in total. The van der Waals surface area contributed by atoms with Gasteiger partial charge in [0.25, 0.3) is 0 Å². The number of benzene rings is 1. The van der Waals surface area contributed by atoms with Gasteiger partial charge >= 0.3 is 5.97 Å². The predicted molar refractivity (Wildman–Crippen MR) is 71.6 cm³/mol. The lowest BCUT2D eigenvalue weighted by atomic mass is 10.2. The first-order valence-corrected chi connectivity index (χ1v) is 6.18. The largest absolute Gasteiger partial charge is 0.481 e. The average molecular weight is 310 g/mol. The van der Waals surface area contributed by atoms with E-state index in [9.17, 15) is 4.79 Å². The Balaban J connectivity index is 2.31. The molecule has 2 rings (SSSR count). The smallest absolute Gasteiger partial charge is 0.303 e. The molecule has 0 radical (unpaired) electrons. The van der Waals surface area contributed by atoms with Gasteiger partial charge in [0.2, 0.25) is 0 Å². The van der Waals surface area contributed by atoms with E-state index in [0.29, 0.717) is 12.2 Å². The van der Waals surface area contributed by atoms with E-state index in [0.717, 1.165) is 15.7 Å². The Kier molecular flexibility index (Phi) is 3.66. The SMILES string of the molecule is Nc1c(CCC(=O)O)cnn1-c1ccccc1Br. The zero-order valence-corrected chi connectivity index (χ0v) is 11.1. The Bertz CT molecular complexity index is 580. The summed E-state index contributed by atoms with van der Waals surface area (Å²) in [6.07, 6.45) is 2.04. The van der Waals surface area contributed by atoms with Crippen LogP contribution in [0.1, 0.15) is 12.0 Å². The fraction of sp³-hybridized carbons (Fsp3) is 0.167. The van der Waals surface area contributed by atoms with E-state index < -0.39 is 5.97 Å². The van der Waals surface area contributed by atoms with Crippen LogP contribution in [0.15, 0.2) is 34.9 Å². The minimum Gasteiger partial charge on any atom is -0.481 e. The van der Waals surface area contributed by atoms with Crippen LogP contribution in [-0.2, 0) is 11.2 Å². The summed E-state index contributed by atoms with van der Waals surface area (Å²) in [5.41, 5.74) is 7.55. The number of hydrogen-bond acceptors (Lipinski definition) is 3. The molecule has 0 bridgehead atoms. The minimum absolute atomic E-state index is 0.0475. The van der Waals surface area contributed by atoms with Crippen molar-refractivity contribution >= 4 is 27.7 Å². The van der Waals surface area contributed by atoms with Gasteiger partial charge in [0.05, 0.1) is 11.9 Å². The number of nitrogen functional groups attached to an aromatic ring is 1. The Morgan fingerprint density at radius 3 is 2.83 bits per heavy atom. The molecule has 0 fully saturated rings. The number of aromatic nitrogens is 2. The average Bonchev–Trinajstić information content (AvgIpc) is 2.69. The van der Waals surface area contributed by atoms with Crippen molar-refractivity contribution in [3.8, 4) is 5.69 Å². The molecule has 0 atom stereocenters. The summed E-state index contributed by atoms with van der Waals surface area (Å²) in [5, 5.41) is 12.9. The maximum absolute atomic E-state index is 10.5. The van der Waals surface area contributed by atoms with Crippen LogP contribution in [0.5, 0.6) is 0 Å². The number of carboxylic acid groups (broad SMARTS) is 1. The third kappa shape index (κ3) is 2.53. The number of aryl methyl sites for hydroxylation is 1. The van der Waals surface area contributed by atoms with Crippen LogP contribution >= 0.6 is 15.9 Å². The van der Waals surface area contributed by atoms with E-state index in [1.807, 2.05) is 24.3 Å². The van der Waals surface area contributed by atoms with E-state index in [2.05, 4.69) is 21.0 Å². The normalized spacial score (nSPS) is 10.5. The monoisotopic (exact) mass is 309 g/mol. The van der Waals surface area contributed by atoms with Crippen molar-refractivity contribution in [3.05, 3.63) is 40.5 Å². The number of anilines is 1. The molecular weight excluding hydrogens is 298 g/mol. The Labute approximate surface area is 112 Å². The van der Waals surface area contributed by atoms with E-state index in [4.69, 9.17) is 10.8 Å². The first-order valence-electron chi connectivity index (χ1n) is 5.38. The van der Waals surface area contributed by atoms with Gasteiger partial charge in [-0.3, -0.25) is 4.79 Å². The number of nitrogens with zero attached hydrogens (tertiary/aromatic N) is 2. The summed E-state index contributed by atoms with van der Waals surface area (Å²) in [5.74, 6) is -0.369. The Hall–Kier alpha value is -1.82. The molecule has 6 heteroatoms. The van der Waals surface area contributed by atoms with Gasteiger partial charge in [-0.15, -0.1) is 0 Å². The summed E-state index contributed by atoms with van der Waals surface area (Å²) < 4.78 is 2.48. The number of carboxylic acids is 1. The second kappa shape index (κ2) is 5.22. The third-order valence-corrected chi connectivity index (χ3v) is 3.25. The van der Waals surface area contributed by atoms with Crippen LogP contribution < -0.4 is 5.73 Å². The van der Waals surface area contributed by atoms with Gasteiger partial charge in [-0.2, -0.15) is 5.10 Å². The molecule has 94 valence electrons. The van der Waals surface area contributed by atoms with Gasteiger partial charge in [0, 0.05) is 16.5 Å². The van der Waals surface area contributed by atoms with Crippen molar-refractivity contribution in [1.82, 2.24) is 9.78 Å². The molecule has 0 aliphatic heterocycles. The van der Waals surface area contributed by atoms with Crippen LogP contribution in [-0.4, -0.2) is 20.9 Å². The summed E-state index contributed by atoms with van der Waals surface area (Å²) >= 11 is 3.43. The Morgan fingerprint density at radius 1 is 1.44 bits per heavy atom. The van der Waals surface area contributed by atoms with E-state index in [1.165, 1.54) is 0 Å². The van der Waals surface area contributed by atoms with Crippen LogP contribution in [0.4, 0.5) is 5.82 Å². The zero-order valence-electron chi connectivity index (χ0n) is 9.51. The summed E-state index contributed by atoms with van der Waals surface area (Å²) in [7, 11) is 0. The molecule has 1 aromatic heterocycles. The molecular formula is C12H12BrN3O2.